The molecule has 2 N–H and O–H groups in total. The molecular weight excluding hydrogens is 346 g/mol. The lowest BCUT2D eigenvalue weighted by molar-refractivity contribution is 0.253. The summed E-state index contributed by atoms with van der Waals surface area (Å²) in [6.45, 7) is 10.6. The van der Waals surface area contributed by atoms with E-state index in [-0.39, 0.29) is 6.03 Å². The SMILES string of the molecule is C=CCNC(=O)Nc1ccc2ncc(-c3ccc([Si](C)(C)C)o3)nc2n1. The van der Waals surface area contributed by atoms with Crippen LogP contribution < -0.4 is 16.0 Å². The van der Waals surface area contributed by atoms with Crippen molar-refractivity contribution in [3.63, 3.8) is 0 Å². The summed E-state index contributed by atoms with van der Waals surface area (Å²) >= 11 is 0. The highest BCUT2D eigenvalue weighted by atomic mass is 28.3. The largest absolute Gasteiger partial charge is 0.465 e. The van der Waals surface area contributed by atoms with Gasteiger partial charge in [0, 0.05) is 6.54 Å². The van der Waals surface area contributed by atoms with Crippen LogP contribution in [0.15, 0.2) is 47.5 Å². The molecule has 7 nitrogen and oxygen atoms in total. The van der Waals surface area contributed by atoms with Crippen LogP contribution in [-0.2, 0) is 0 Å². The molecule has 0 saturated carbocycles. The molecule has 3 aromatic heterocycles. The van der Waals surface area contributed by atoms with Crippen LogP contribution >= 0.6 is 0 Å². The minimum atomic E-state index is -1.53. The first-order valence-corrected chi connectivity index (χ1v) is 11.8. The molecular formula is C18H21N5O2Si. The lowest BCUT2D eigenvalue weighted by Crippen LogP contribution is -2.36. The van der Waals surface area contributed by atoms with Crippen LogP contribution in [0.1, 0.15) is 0 Å². The minimum Gasteiger partial charge on any atom is -0.465 e. The smallest absolute Gasteiger partial charge is 0.320 e. The number of anilines is 1. The monoisotopic (exact) mass is 367 g/mol. The maximum atomic E-state index is 11.7. The number of hydrogen-bond acceptors (Lipinski definition) is 5. The van der Waals surface area contributed by atoms with E-state index in [0.29, 0.717) is 35.0 Å². The molecule has 134 valence electrons. The summed E-state index contributed by atoms with van der Waals surface area (Å²) in [5, 5.41) is 6.30. The van der Waals surface area contributed by atoms with Gasteiger partial charge in [0.05, 0.1) is 11.6 Å². The van der Waals surface area contributed by atoms with Crippen molar-refractivity contribution in [1.82, 2.24) is 20.3 Å². The highest BCUT2D eigenvalue weighted by molar-refractivity contribution is 6.87. The van der Waals surface area contributed by atoms with Crippen LogP contribution in [0.3, 0.4) is 0 Å². The van der Waals surface area contributed by atoms with E-state index in [1.54, 1.807) is 24.4 Å². The van der Waals surface area contributed by atoms with Crippen LogP contribution in [0, 0.1) is 0 Å². The first kappa shape index (κ1) is 17.8. The van der Waals surface area contributed by atoms with Crippen molar-refractivity contribution in [2.24, 2.45) is 0 Å². The van der Waals surface area contributed by atoms with Crippen LogP contribution in [0.25, 0.3) is 22.6 Å². The third-order valence-corrected chi connectivity index (χ3v) is 5.40. The Morgan fingerprint density at radius 1 is 1.23 bits per heavy atom. The fourth-order valence-electron chi connectivity index (χ4n) is 2.29. The zero-order chi connectivity index (χ0) is 18.7. The summed E-state index contributed by atoms with van der Waals surface area (Å²) in [6, 6.07) is 7.00. The van der Waals surface area contributed by atoms with Gasteiger partial charge in [0.2, 0.25) is 0 Å². The Bertz CT molecular complexity index is 962. The van der Waals surface area contributed by atoms with Crippen LogP contribution in [-0.4, -0.2) is 35.6 Å². The Balaban J connectivity index is 1.88. The third kappa shape index (κ3) is 3.97. The zero-order valence-corrected chi connectivity index (χ0v) is 16.0. The average Bonchev–Trinajstić information content (AvgIpc) is 3.10. The predicted octanol–water partition coefficient (Wildman–Crippen LogP) is 3.14. The van der Waals surface area contributed by atoms with Crippen LogP contribution in [0.4, 0.5) is 10.6 Å². The molecule has 0 aliphatic heterocycles. The molecule has 8 heteroatoms. The summed E-state index contributed by atoms with van der Waals surface area (Å²) in [7, 11) is -1.53. The van der Waals surface area contributed by atoms with E-state index < -0.39 is 8.07 Å². The van der Waals surface area contributed by atoms with Crippen molar-refractivity contribution in [3.05, 3.63) is 43.1 Å². The molecule has 0 saturated heterocycles. The molecule has 26 heavy (non-hydrogen) atoms. The van der Waals surface area contributed by atoms with Gasteiger partial charge in [0.25, 0.3) is 0 Å². The second-order valence-corrected chi connectivity index (χ2v) is 11.8. The number of fused-ring (bicyclic) bond motifs is 1. The topological polar surface area (TPSA) is 92.9 Å². The van der Waals surface area contributed by atoms with Crippen molar-refractivity contribution < 1.29 is 9.21 Å². The second kappa shape index (κ2) is 7.09. The Kier molecular flexibility index (Phi) is 4.85. The molecule has 0 aromatic carbocycles. The minimum absolute atomic E-state index is 0.355. The molecule has 3 heterocycles. The van der Waals surface area contributed by atoms with E-state index in [1.807, 2.05) is 12.1 Å². The summed E-state index contributed by atoms with van der Waals surface area (Å²) in [5.41, 5.74) is 1.69. The van der Waals surface area contributed by atoms with E-state index in [1.165, 1.54) is 0 Å². The van der Waals surface area contributed by atoms with E-state index in [2.05, 4.69) is 51.8 Å². The van der Waals surface area contributed by atoms with Gasteiger partial charge in [0.15, 0.2) is 11.4 Å². The highest BCUT2D eigenvalue weighted by Crippen LogP contribution is 2.20. The summed E-state index contributed by atoms with van der Waals surface area (Å²) in [6.07, 6.45) is 3.27. The molecule has 0 aliphatic rings. The Hall–Kier alpha value is -3.00. The maximum Gasteiger partial charge on any atom is 0.320 e. The molecule has 0 fully saturated rings. The van der Waals surface area contributed by atoms with Gasteiger partial charge in [-0.15, -0.1) is 6.58 Å². The second-order valence-electron chi connectivity index (χ2n) is 6.83. The van der Waals surface area contributed by atoms with Gasteiger partial charge < -0.3 is 9.73 Å². The number of nitrogens with one attached hydrogen (secondary N) is 2. The van der Waals surface area contributed by atoms with E-state index in [4.69, 9.17) is 4.42 Å². The first-order valence-electron chi connectivity index (χ1n) is 8.27. The first-order chi connectivity index (χ1) is 12.4. The lowest BCUT2D eigenvalue weighted by Gasteiger charge is -2.11. The van der Waals surface area contributed by atoms with Crippen LogP contribution in [0.5, 0.6) is 0 Å². The zero-order valence-electron chi connectivity index (χ0n) is 15.0. The quantitative estimate of drug-likeness (QED) is 0.534. The number of nitrogens with zero attached hydrogens (tertiary/aromatic N) is 3. The van der Waals surface area contributed by atoms with Crippen molar-refractivity contribution in [1.29, 1.82) is 0 Å². The standard InChI is InChI=1S/C18H21N5O2Si/c1-5-10-19-18(24)23-15-8-6-12-17(22-15)21-13(11-20-12)14-7-9-16(25-14)26(2,3)4/h5-9,11H,1,10H2,2-4H3,(H2,19,21,22,23,24). The maximum absolute atomic E-state index is 11.7. The predicted molar refractivity (Wildman–Crippen MR) is 105 cm³/mol. The van der Waals surface area contributed by atoms with Crippen molar-refractivity contribution in [3.8, 4) is 11.5 Å². The van der Waals surface area contributed by atoms with Gasteiger partial charge >= 0.3 is 6.03 Å². The Labute approximate surface area is 152 Å². The van der Waals surface area contributed by atoms with Gasteiger partial charge in [-0.2, -0.15) is 0 Å². The number of carbonyl (C=O) groups excluding carboxylic acids is 1. The van der Waals surface area contributed by atoms with Gasteiger partial charge in [-0.25, -0.2) is 14.8 Å². The van der Waals surface area contributed by atoms with Gasteiger partial charge in [0.1, 0.15) is 25.1 Å². The fraction of sp³-hybridized carbons (Fsp3) is 0.222. The van der Waals surface area contributed by atoms with Crippen LogP contribution in [0.2, 0.25) is 19.6 Å². The molecule has 3 rings (SSSR count). The van der Waals surface area contributed by atoms with E-state index in [9.17, 15) is 4.79 Å². The third-order valence-electron chi connectivity index (χ3n) is 3.65. The molecule has 3 aromatic rings. The summed E-state index contributed by atoms with van der Waals surface area (Å²) in [4.78, 5) is 25.0. The van der Waals surface area contributed by atoms with Crippen molar-refractivity contribution in [2.45, 2.75) is 19.6 Å². The van der Waals surface area contributed by atoms with Crippen molar-refractivity contribution in [2.75, 3.05) is 11.9 Å². The van der Waals surface area contributed by atoms with E-state index >= 15 is 0 Å². The van der Waals surface area contributed by atoms with E-state index in [0.717, 1.165) is 5.38 Å². The number of carbonyl (C=O) groups is 1. The number of pyridine rings is 1. The molecule has 2 amide bonds. The molecule has 0 bridgehead atoms. The van der Waals surface area contributed by atoms with Gasteiger partial charge in [-0.05, 0) is 24.3 Å². The molecule has 0 atom stereocenters. The fourth-order valence-corrected chi connectivity index (χ4v) is 3.29. The lowest BCUT2D eigenvalue weighted by atomic mass is 10.3. The highest BCUT2D eigenvalue weighted by Gasteiger charge is 2.21. The number of rotatable bonds is 5. The number of urea groups is 1. The summed E-state index contributed by atoms with van der Waals surface area (Å²) < 4.78 is 5.96. The number of hydrogen-bond donors (Lipinski definition) is 2. The normalized spacial score (nSPS) is 11.3. The number of furan rings is 1. The number of aromatic nitrogens is 3. The molecule has 0 spiro atoms. The Morgan fingerprint density at radius 3 is 2.73 bits per heavy atom. The average molecular weight is 367 g/mol. The number of amides is 2. The molecule has 0 aliphatic carbocycles. The summed E-state index contributed by atoms with van der Waals surface area (Å²) in [5.74, 6) is 1.06. The Morgan fingerprint density at radius 2 is 2.04 bits per heavy atom. The molecule has 0 unspecified atom stereocenters. The molecule has 0 radical (unpaired) electrons. The van der Waals surface area contributed by atoms with Gasteiger partial charge in [-0.3, -0.25) is 10.3 Å². The van der Waals surface area contributed by atoms with Gasteiger partial charge in [-0.1, -0.05) is 25.7 Å². The van der Waals surface area contributed by atoms with Crippen molar-refractivity contribution >= 4 is 36.5 Å².